The number of ketones is 1. The molecule has 2 aromatic carbocycles. The Kier molecular flexibility index (Phi) is 8.59. The molecule has 7 heteroatoms. The van der Waals surface area contributed by atoms with Crippen molar-refractivity contribution in [1.29, 1.82) is 0 Å². The topological polar surface area (TPSA) is 127 Å². The second-order valence-electron chi connectivity index (χ2n) is 10.8. The lowest BCUT2D eigenvalue weighted by molar-refractivity contribution is 0.0712. The number of allylic oxidation sites excluding steroid dienone is 4. The lowest BCUT2D eigenvalue weighted by atomic mass is 9.89. The van der Waals surface area contributed by atoms with Gasteiger partial charge in [0.05, 0.1) is 12.0 Å². The summed E-state index contributed by atoms with van der Waals surface area (Å²) >= 11 is 0. The van der Waals surface area contributed by atoms with Gasteiger partial charge in [0.25, 0.3) is 0 Å². The standard InChI is InChI=1S/C30H38O7/c1-17(2)7-6-8-18(3)9-10-21-28(34)19(11-12-30(4,5)36)13-22(29(21)35)25-16-24(33)27-23(32)14-20(31)15-26(27)37-25/h7,9,13-15,25,31-32,34-36H,6,8,10-12,16H2,1-5H3/b18-9+/t25-/m0/s1. The van der Waals surface area contributed by atoms with Gasteiger partial charge in [-0.15, -0.1) is 0 Å². The maximum atomic E-state index is 12.9. The third kappa shape index (κ3) is 7.07. The highest BCUT2D eigenvalue weighted by Gasteiger charge is 2.33. The number of Topliss-reactive ketones (excluding diaryl/α,β-unsaturated/α-hetero) is 1. The average Bonchev–Trinajstić information content (AvgIpc) is 2.76. The van der Waals surface area contributed by atoms with E-state index >= 15 is 0 Å². The number of aryl methyl sites for hydroxylation is 1. The minimum atomic E-state index is -0.961. The van der Waals surface area contributed by atoms with E-state index in [4.69, 9.17) is 4.74 Å². The third-order valence-corrected chi connectivity index (χ3v) is 6.56. The van der Waals surface area contributed by atoms with Crippen molar-refractivity contribution in [3.8, 4) is 28.7 Å². The molecule has 200 valence electrons. The van der Waals surface area contributed by atoms with Crippen molar-refractivity contribution in [1.82, 2.24) is 0 Å². The molecule has 1 atom stereocenters. The predicted octanol–water partition coefficient (Wildman–Crippen LogP) is 6.15. The van der Waals surface area contributed by atoms with Gasteiger partial charge in [0.1, 0.15) is 40.4 Å². The van der Waals surface area contributed by atoms with E-state index in [1.165, 1.54) is 11.6 Å². The average molecular weight is 511 g/mol. The van der Waals surface area contributed by atoms with E-state index in [-0.39, 0.29) is 52.9 Å². The molecule has 1 heterocycles. The van der Waals surface area contributed by atoms with Crippen molar-refractivity contribution in [2.24, 2.45) is 0 Å². The first-order valence-electron chi connectivity index (χ1n) is 12.6. The number of hydrogen-bond acceptors (Lipinski definition) is 7. The molecule has 7 nitrogen and oxygen atoms in total. The van der Waals surface area contributed by atoms with Gasteiger partial charge in [0.2, 0.25) is 0 Å². The molecule has 0 saturated carbocycles. The van der Waals surface area contributed by atoms with Crippen LogP contribution in [-0.4, -0.2) is 36.9 Å². The van der Waals surface area contributed by atoms with Gasteiger partial charge < -0.3 is 30.3 Å². The van der Waals surface area contributed by atoms with Crippen LogP contribution in [0.25, 0.3) is 0 Å². The van der Waals surface area contributed by atoms with Gasteiger partial charge in [-0.2, -0.15) is 0 Å². The van der Waals surface area contributed by atoms with E-state index in [1.54, 1.807) is 19.9 Å². The Labute approximate surface area is 218 Å². The molecule has 1 aliphatic rings. The molecule has 0 unspecified atom stereocenters. The van der Waals surface area contributed by atoms with E-state index in [9.17, 15) is 30.3 Å². The van der Waals surface area contributed by atoms with Gasteiger partial charge in [-0.05, 0) is 78.4 Å². The van der Waals surface area contributed by atoms with Gasteiger partial charge in [0.15, 0.2) is 5.78 Å². The number of hydrogen-bond donors (Lipinski definition) is 5. The number of phenols is 4. The normalized spacial score (nSPS) is 15.8. The molecular weight excluding hydrogens is 472 g/mol. The van der Waals surface area contributed by atoms with Crippen molar-refractivity contribution in [3.63, 3.8) is 0 Å². The Morgan fingerprint density at radius 3 is 2.41 bits per heavy atom. The number of aliphatic hydroxyl groups is 1. The van der Waals surface area contributed by atoms with Crippen LogP contribution in [0.4, 0.5) is 0 Å². The van der Waals surface area contributed by atoms with E-state index in [0.717, 1.165) is 24.5 Å². The van der Waals surface area contributed by atoms with Crippen LogP contribution in [0.1, 0.15) is 93.5 Å². The summed E-state index contributed by atoms with van der Waals surface area (Å²) in [5, 5.41) is 52.6. The van der Waals surface area contributed by atoms with Crippen molar-refractivity contribution in [2.45, 2.75) is 84.8 Å². The van der Waals surface area contributed by atoms with Crippen LogP contribution in [0.5, 0.6) is 28.7 Å². The van der Waals surface area contributed by atoms with Crippen LogP contribution in [-0.2, 0) is 12.8 Å². The maximum Gasteiger partial charge on any atom is 0.174 e. The Bertz CT molecular complexity index is 1230. The van der Waals surface area contributed by atoms with Crippen LogP contribution in [0, 0.1) is 0 Å². The molecular formula is C30H38O7. The van der Waals surface area contributed by atoms with Crippen molar-refractivity contribution in [3.05, 3.63) is 63.8 Å². The second-order valence-corrected chi connectivity index (χ2v) is 10.8. The smallest absolute Gasteiger partial charge is 0.174 e. The Balaban J connectivity index is 2.01. The van der Waals surface area contributed by atoms with Crippen LogP contribution in [0.15, 0.2) is 41.5 Å². The summed E-state index contributed by atoms with van der Waals surface area (Å²) in [4.78, 5) is 12.9. The zero-order valence-electron chi connectivity index (χ0n) is 22.3. The highest BCUT2D eigenvalue weighted by atomic mass is 16.5. The van der Waals surface area contributed by atoms with Crippen molar-refractivity contribution in [2.75, 3.05) is 0 Å². The molecule has 37 heavy (non-hydrogen) atoms. The van der Waals surface area contributed by atoms with E-state index in [1.807, 2.05) is 13.0 Å². The fourth-order valence-corrected chi connectivity index (χ4v) is 4.44. The van der Waals surface area contributed by atoms with Gasteiger partial charge in [0, 0.05) is 23.3 Å². The van der Waals surface area contributed by atoms with E-state index in [2.05, 4.69) is 19.9 Å². The van der Waals surface area contributed by atoms with Gasteiger partial charge >= 0.3 is 0 Å². The van der Waals surface area contributed by atoms with Gasteiger partial charge in [-0.25, -0.2) is 0 Å². The van der Waals surface area contributed by atoms with Gasteiger partial charge in [-0.1, -0.05) is 23.3 Å². The number of fused-ring (bicyclic) bond motifs is 1. The summed E-state index contributed by atoms with van der Waals surface area (Å²) in [6, 6.07) is 3.94. The second kappa shape index (κ2) is 11.3. The molecule has 0 bridgehead atoms. The Hall–Kier alpha value is -3.45. The molecule has 0 fully saturated rings. The lowest BCUT2D eigenvalue weighted by Crippen LogP contribution is -2.21. The summed E-state index contributed by atoms with van der Waals surface area (Å²) in [5.41, 5.74) is 2.57. The molecule has 5 N–H and O–H groups in total. The summed E-state index contributed by atoms with van der Waals surface area (Å²) in [5.74, 6) is -1.18. The molecule has 0 aliphatic carbocycles. The summed E-state index contributed by atoms with van der Waals surface area (Å²) in [6.45, 7) is 9.47. The summed E-state index contributed by atoms with van der Waals surface area (Å²) in [7, 11) is 0. The molecule has 0 aromatic heterocycles. The monoisotopic (exact) mass is 510 g/mol. The number of aromatic hydroxyl groups is 4. The number of carbonyl (C=O) groups excluding carboxylic acids is 1. The number of ether oxygens (including phenoxy) is 1. The minimum absolute atomic E-state index is 0.00952. The van der Waals surface area contributed by atoms with E-state index < -0.39 is 11.7 Å². The van der Waals surface area contributed by atoms with Crippen LogP contribution >= 0.6 is 0 Å². The number of benzene rings is 2. The number of carbonyl (C=O) groups is 1. The maximum absolute atomic E-state index is 12.9. The molecule has 1 aliphatic heterocycles. The lowest BCUT2D eigenvalue weighted by Gasteiger charge is -2.28. The van der Waals surface area contributed by atoms with Gasteiger partial charge in [-0.3, -0.25) is 4.79 Å². The number of rotatable bonds is 9. The molecule has 0 radical (unpaired) electrons. The highest BCUT2D eigenvalue weighted by molar-refractivity contribution is 6.02. The molecule has 0 spiro atoms. The van der Waals surface area contributed by atoms with E-state index in [0.29, 0.717) is 29.5 Å². The Morgan fingerprint density at radius 1 is 1.05 bits per heavy atom. The zero-order valence-corrected chi connectivity index (χ0v) is 22.3. The van der Waals surface area contributed by atoms with Crippen molar-refractivity contribution < 1.29 is 35.1 Å². The zero-order chi connectivity index (χ0) is 27.5. The number of phenolic OH excluding ortho intramolecular Hbond substituents is 4. The summed E-state index contributed by atoms with van der Waals surface area (Å²) < 4.78 is 5.97. The fourth-order valence-electron chi connectivity index (χ4n) is 4.44. The quantitative estimate of drug-likeness (QED) is 0.256. The van der Waals surface area contributed by atoms with Crippen LogP contribution < -0.4 is 4.74 Å². The molecule has 2 aromatic rings. The first kappa shape index (κ1) is 28.1. The molecule has 3 rings (SSSR count). The first-order valence-corrected chi connectivity index (χ1v) is 12.6. The Morgan fingerprint density at radius 2 is 1.76 bits per heavy atom. The molecule has 0 saturated heterocycles. The van der Waals surface area contributed by atoms with Crippen molar-refractivity contribution >= 4 is 5.78 Å². The third-order valence-electron chi connectivity index (χ3n) is 6.56. The van der Waals surface area contributed by atoms with Crippen LogP contribution in [0.3, 0.4) is 0 Å². The largest absolute Gasteiger partial charge is 0.508 e. The van der Waals surface area contributed by atoms with Crippen LogP contribution in [0.2, 0.25) is 0 Å². The molecule has 0 amide bonds. The summed E-state index contributed by atoms with van der Waals surface area (Å²) in [6.07, 6.45) is 5.85. The fraction of sp³-hybridized carbons (Fsp3) is 0.433. The predicted molar refractivity (Wildman–Crippen MR) is 143 cm³/mol. The SMILES string of the molecule is CC(C)=CCC/C(C)=C/Cc1c(O)c(CCC(C)(C)O)cc([C@@H]2CC(=O)c3c(O)cc(O)cc3O2)c1O. The highest BCUT2D eigenvalue weighted by Crippen LogP contribution is 2.46. The first-order chi connectivity index (χ1) is 17.3. The minimum Gasteiger partial charge on any atom is -0.508 e.